The van der Waals surface area contributed by atoms with Gasteiger partial charge in [-0.25, -0.2) is 13.1 Å². The summed E-state index contributed by atoms with van der Waals surface area (Å²) in [6, 6.07) is 3.52. The molecule has 0 spiro atoms. The van der Waals surface area contributed by atoms with E-state index in [0.29, 0.717) is 29.0 Å². The number of carbonyl (C=O) groups excluding carboxylic acids is 1. The quantitative estimate of drug-likeness (QED) is 0.844. The SMILES string of the molecule is CCNS(=O)(=O)c1cc(Br)cc2c1C(=O)N(C(C)C1CC1)C2. The normalized spacial score (nSPS) is 19.4. The van der Waals surface area contributed by atoms with Gasteiger partial charge in [-0.15, -0.1) is 0 Å². The molecule has 1 aromatic rings. The largest absolute Gasteiger partial charge is 0.331 e. The molecule has 1 fully saturated rings. The maximum atomic E-state index is 12.8. The summed E-state index contributed by atoms with van der Waals surface area (Å²) in [5, 5.41) is 0. The number of amides is 1. The molecule has 0 bridgehead atoms. The molecule has 1 heterocycles. The molecule has 22 heavy (non-hydrogen) atoms. The fourth-order valence-electron chi connectivity index (χ4n) is 3.04. The Labute approximate surface area is 139 Å². The van der Waals surface area contributed by atoms with Crippen LogP contribution in [0.4, 0.5) is 0 Å². The van der Waals surface area contributed by atoms with Gasteiger partial charge in [0.2, 0.25) is 10.0 Å². The van der Waals surface area contributed by atoms with Crippen LogP contribution in [0.25, 0.3) is 0 Å². The van der Waals surface area contributed by atoms with E-state index >= 15 is 0 Å². The first kappa shape index (κ1) is 16.0. The molecule has 1 aliphatic carbocycles. The van der Waals surface area contributed by atoms with Crippen molar-refractivity contribution in [1.29, 1.82) is 0 Å². The second-order valence-corrected chi connectivity index (χ2v) is 8.60. The van der Waals surface area contributed by atoms with Gasteiger partial charge in [0.25, 0.3) is 5.91 Å². The number of benzene rings is 1. The van der Waals surface area contributed by atoms with Crippen molar-refractivity contribution < 1.29 is 13.2 Å². The lowest BCUT2D eigenvalue weighted by atomic mass is 10.1. The molecule has 1 saturated carbocycles. The van der Waals surface area contributed by atoms with Gasteiger partial charge < -0.3 is 4.90 Å². The van der Waals surface area contributed by atoms with Crippen LogP contribution in [0.3, 0.4) is 0 Å². The topological polar surface area (TPSA) is 66.5 Å². The monoisotopic (exact) mass is 386 g/mol. The molecule has 0 radical (unpaired) electrons. The Morgan fingerprint density at radius 3 is 2.68 bits per heavy atom. The maximum absolute atomic E-state index is 12.8. The molecular weight excluding hydrogens is 368 g/mol. The second-order valence-electron chi connectivity index (χ2n) is 5.95. The molecule has 1 N–H and O–H groups in total. The molecule has 3 rings (SSSR count). The van der Waals surface area contributed by atoms with E-state index in [-0.39, 0.29) is 16.8 Å². The highest BCUT2D eigenvalue weighted by molar-refractivity contribution is 9.10. The molecule has 2 aliphatic rings. The third-order valence-electron chi connectivity index (χ3n) is 4.38. The Morgan fingerprint density at radius 1 is 1.41 bits per heavy atom. The van der Waals surface area contributed by atoms with Crippen LogP contribution in [0.5, 0.6) is 0 Å². The van der Waals surface area contributed by atoms with Gasteiger partial charge in [-0.2, -0.15) is 0 Å². The molecule has 1 aliphatic heterocycles. The first-order valence-electron chi connectivity index (χ1n) is 7.48. The molecule has 0 saturated heterocycles. The highest BCUT2D eigenvalue weighted by Crippen LogP contribution is 2.40. The standard InChI is InChI=1S/C15H19BrN2O3S/c1-3-17-22(20,21)13-7-12(16)6-11-8-18(15(19)14(11)13)9(2)10-4-5-10/h6-7,9-10,17H,3-5,8H2,1-2H3. The van der Waals surface area contributed by atoms with E-state index in [9.17, 15) is 13.2 Å². The van der Waals surface area contributed by atoms with Gasteiger partial charge in [0.05, 0.1) is 10.5 Å². The minimum Gasteiger partial charge on any atom is -0.331 e. The van der Waals surface area contributed by atoms with E-state index in [1.165, 1.54) is 6.07 Å². The van der Waals surface area contributed by atoms with Crippen molar-refractivity contribution >= 4 is 31.9 Å². The van der Waals surface area contributed by atoms with Gasteiger partial charge in [0.15, 0.2) is 0 Å². The third-order valence-corrected chi connectivity index (χ3v) is 6.41. The number of carbonyl (C=O) groups is 1. The molecular formula is C15H19BrN2O3S. The summed E-state index contributed by atoms with van der Waals surface area (Å²) < 4.78 is 28.0. The summed E-state index contributed by atoms with van der Waals surface area (Å²) in [6.07, 6.45) is 2.29. The number of halogens is 1. The van der Waals surface area contributed by atoms with Crippen LogP contribution in [-0.4, -0.2) is 31.8 Å². The molecule has 1 unspecified atom stereocenters. The van der Waals surface area contributed by atoms with Crippen molar-refractivity contribution in [1.82, 2.24) is 9.62 Å². The van der Waals surface area contributed by atoms with E-state index in [4.69, 9.17) is 0 Å². The fraction of sp³-hybridized carbons (Fsp3) is 0.533. The maximum Gasteiger partial charge on any atom is 0.256 e. The lowest BCUT2D eigenvalue weighted by molar-refractivity contribution is 0.0694. The third kappa shape index (κ3) is 2.70. The Kier molecular flexibility index (Phi) is 4.07. The van der Waals surface area contributed by atoms with Crippen LogP contribution in [0.2, 0.25) is 0 Å². The number of fused-ring (bicyclic) bond motifs is 1. The summed E-state index contributed by atoms with van der Waals surface area (Å²) >= 11 is 3.36. The van der Waals surface area contributed by atoms with Crippen molar-refractivity contribution in [2.75, 3.05) is 6.54 Å². The van der Waals surface area contributed by atoms with Crippen molar-refractivity contribution in [2.24, 2.45) is 5.92 Å². The highest BCUT2D eigenvalue weighted by Gasteiger charge is 2.41. The average Bonchev–Trinajstić information content (AvgIpc) is 3.23. The Morgan fingerprint density at radius 2 is 2.09 bits per heavy atom. The molecule has 120 valence electrons. The number of nitrogens with zero attached hydrogens (tertiary/aromatic N) is 1. The fourth-order valence-corrected chi connectivity index (χ4v) is 5.01. The predicted molar refractivity (Wildman–Crippen MR) is 87.1 cm³/mol. The van der Waals surface area contributed by atoms with E-state index in [1.54, 1.807) is 11.8 Å². The van der Waals surface area contributed by atoms with Gasteiger partial charge >= 0.3 is 0 Å². The minimum absolute atomic E-state index is 0.0780. The van der Waals surface area contributed by atoms with E-state index in [0.717, 1.165) is 18.4 Å². The zero-order valence-electron chi connectivity index (χ0n) is 12.6. The van der Waals surface area contributed by atoms with Crippen molar-refractivity contribution in [2.45, 2.75) is 44.2 Å². The van der Waals surface area contributed by atoms with E-state index < -0.39 is 10.0 Å². The summed E-state index contributed by atoms with van der Waals surface area (Å²) in [4.78, 5) is 14.7. The highest BCUT2D eigenvalue weighted by atomic mass is 79.9. The van der Waals surface area contributed by atoms with Crippen molar-refractivity contribution in [3.63, 3.8) is 0 Å². The van der Waals surface area contributed by atoms with Crippen LogP contribution in [0.15, 0.2) is 21.5 Å². The minimum atomic E-state index is -3.67. The number of sulfonamides is 1. The summed E-state index contributed by atoms with van der Waals surface area (Å²) in [5.74, 6) is 0.383. The lowest BCUT2D eigenvalue weighted by Gasteiger charge is -2.24. The first-order chi connectivity index (χ1) is 10.3. The van der Waals surface area contributed by atoms with E-state index in [2.05, 4.69) is 27.6 Å². The molecule has 1 atom stereocenters. The number of hydrogen-bond donors (Lipinski definition) is 1. The first-order valence-corrected chi connectivity index (χ1v) is 9.75. The molecule has 0 aromatic heterocycles. The molecule has 5 nitrogen and oxygen atoms in total. The predicted octanol–water partition coefficient (Wildman–Crippen LogP) is 2.50. The lowest BCUT2D eigenvalue weighted by Crippen LogP contribution is -2.35. The zero-order chi connectivity index (χ0) is 16.1. The Hall–Kier alpha value is -0.920. The summed E-state index contributed by atoms with van der Waals surface area (Å²) in [7, 11) is -3.67. The number of rotatable bonds is 5. The van der Waals surface area contributed by atoms with Crippen LogP contribution >= 0.6 is 15.9 Å². The average molecular weight is 387 g/mol. The number of nitrogens with one attached hydrogen (secondary N) is 1. The molecule has 7 heteroatoms. The van der Waals surface area contributed by atoms with Crippen LogP contribution in [-0.2, 0) is 16.6 Å². The molecule has 1 amide bonds. The summed E-state index contributed by atoms with van der Waals surface area (Å²) in [5.41, 5.74) is 1.11. The van der Waals surface area contributed by atoms with Gasteiger partial charge in [-0.05, 0) is 43.4 Å². The Balaban J connectivity index is 2.05. The number of hydrogen-bond acceptors (Lipinski definition) is 3. The second kappa shape index (κ2) is 5.62. The van der Waals surface area contributed by atoms with Crippen LogP contribution < -0.4 is 4.72 Å². The van der Waals surface area contributed by atoms with Gasteiger partial charge in [0.1, 0.15) is 0 Å². The van der Waals surface area contributed by atoms with Crippen molar-refractivity contribution in [3.8, 4) is 0 Å². The van der Waals surface area contributed by atoms with Crippen molar-refractivity contribution in [3.05, 3.63) is 27.7 Å². The van der Waals surface area contributed by atoms with Gasteiger partial charge in [0, 0.05) is 23.6 Å². The Bertz CT molecular complexity index is 729. The van der Waals surface area contributed by atoms with Crippen LogP contribution in [0.1, 0.15) is 42.6 Å². The van der Waals surface area contributed by atoms with E-state index in [1.807, 2.05) is 6.07 Å². The smallest absolute Gasteiger partial charge is 0.256 e. The molecule has 1 aromatic carbocycles. The summed E-state index contributed by atoms with van der Waals surface area (Å²) in [6.45, 7) is 4.55. The van der Waals surface area contributed by atoms with Gasteiger partial charge in [-0.3, -0.25) is 4.79 Å². The zero-order valence-corrected chi connectivity index (χ0v) is 15.0. The van der Waals surface area contributed by atoms with Crippen LogP contribution in [0, 0.1) is 5.92 Å². The van der Waals surface area contributed by atoms with Gasteiger partial charge in [-0.1, -0.05) is 22.9 Å².